The molecule has 10 heteroatoms. The van der Waals surface area contributed by atoms with Crippen LogP contribution in [0.5, 0.6) is 0 Å². The van der Waals surface area contributed by atoms with Crippen LogP contribution < -0.4 is 0 Å². The molecule has 0 aliphatic carbocycles. The zero-order valence-corrected chi connectivity index (χ0v) is 13.1. The van der Waals surface area contributed by atoms with Crippen molar-refractivity contribution in [2.45, 2.75) is 27.7 Å². The van der Waals surface area contributed by atoms with Crippen LogP contribution in [0.1, 0.15) is 27.7 Å². The number of hydrazine groups is 1. The van der Waals surface area contributed by atoms with Crippen LogP contribution in [0.3, 0.4) is 0 Å². The fourth-order valence-electron chi connectivity index (χ4n) is 1.78. The molecule has 0 saturated carbocycles. The van der Waals surface area contributed by atoms with Gasteiger partial charge in [-0.25, -0.2) is 10.1 Å². The highest BCUT2D eigenvalue weighted by Crippen LogP contribution is 1.98. The summed E-state index contributed by atoms with van der Waals surface area (Å²) in [5.74, 6) is -2.04. The number of hydrogen-bond acceptors (Lipinski definition) is 6. The summed E-state index contributed by atoms with van der Waals surface area (Å²) in [6, 6.07) is 0. The molecule has 4 amide bonds. The third-order valence-electron chi connectivity index (χ3n) is 2.91. The van der Waals surface area contributed by atoms with Gasteiger partial charge < -0.3 is 0 Å². The Morgan fingerprint density at radius 2 is 1.00 bits per heavy atom. The number of amides is 4. The Morgan fingerprint density at radius 3 is 1.18 bits per heavy atom. The van der Waals surface area contributed by atoms with Gasteiger partial charge in [0.2, 0.25) is 23.6 Å². The summed E-state index contributed by atoms with van der Waals surface area (Å²) in [5.41, 5.74) is 0. The van der Waals surface area contributed by atoms with Crippen molar-refractivity contribution in [3.05, 3.63) is 10.1 Å². The van der Waals surface area contributed by atoms with E-state index in [1.54, 1.807) is 0 Å². The summed E-state index contributed by atoms with van der Waals surface area (Å²) >= 11 is 0. The van der Waals surface area contributed by atoms with E-state index in [2.05, 4.69) is 0 Å². The van der Waals surface area contributed by atoms with Crippen molar-refractivity contribution in [3.63, 3.8) is 0 Å². The molecule has 0 aliphatic heterocycles. The molecule has 0 aromatic carbocycles. The third-order valence-corrected chi connectivity index (χ3v) is 2.91. The Bertz CT molecular complexity index is 414. The molecule has 0 aliphatic rings. The predicted octanol–water partition coefficient (Wildman–Crippen LogP) is -0.730. The molecule has 0 rings (SSSR count). The normalized spacial score (nSPS) is 9.82. The molecule has 0 bridgehead atoms. The van der Waals surface area contributed by atoms with Gasteiger partial charge in [0, 0.05) is 27.7 Å². The fraction of sp³-hybridized carbons (Fsp3) is 0.667. The number of nitro groups is 1. The molecule has 22 heavy (non-hydrogen) atoms. The van der Waals surface area contributed by atoms with E-state index >= 15 is 0 Å². The maximum atomic E-state index is 11.2. The Labute approximate surface area is 127 Å². The first-order valence-electron chi connectivity index (χ1n) is 6.54. The Kier molecular flexibility index (Phi) is 7.70. The van der Waals surface area contributed by atoms with E-state index < -0.39 is 28.7 Å². The van der Waals surface area contributed by atoms with E-state index in [9.17, 15) is 29.3 Å². The van der Waals surface area contributed by atoms with Crippen molar-refractivity contribution in [3.8, 4) is 0 Å². The minimum atomic E-state index is -0.698. The lowest BCUT2D eigenvalue weighted by molar-refractivity contribution is -0.655. The highest BCUT2D eigenvalue weighted by Gasteiger charge is 2.22. The number of carbonyl (C=O) groups is 4. The topological polar surface area (TPSA) is 121 Å². The van der Waals surface area contributed by atoms with Crippen LogP contribution in [0.15, 0.2) is 0 Å². The van der Waals surface area contributed by atoms with Gasteiger partial charge in [0.15, 0.2) is 5.03 Å². The van der Waals surface area contributed by atoms with Crippen LogP contribution in [0.25, 0.3) is 0 Å². The minimum Gasteiger partial charge on any atom is -0.281 e. The summed E-state index contributed by atoms with van der Waals surface area (Å²) < 4.78 is 0. The highest BCUT2D eigenvalue weighted by molar-refractivity contribution is 5.93. The first-order valence-corrected chi connectivity index (χ1v) is 6.54. The second kappa shape index (κ2) is 8.70. The Balaban J connectivity index is 4.71. The summed E-state index contributed by atoms with van der Waals surface area (Å²) in [4.78, 5) is 57.6. The summed E-state index contributed by atoms with van der Waals surface area (Å²) in [6.07, 6.45) is 0. The Hall–Kier alpha value is -2.52. The third kappa shape index (κ3) is 6.29. The van der Waals surface area contributed by atoms with Crippen molar-refractivity contribution in [2.24, 2.45) is 0 Å². The molecule has 0 atom stereocenters. The lowest BCUT2D eigenvalue weighted by Crippen LogP contribution is -2.46. The molecule has 0 aromatic rings. The first kappa shape index (κ1) is 19.5. The number of rotatable bonds is 7. The molecule has 0 saturated heterocycles. The summed E-state index contributed by atoms with van der Waals surface area (Å²) in [6.45, 7) is 4.05. The van der Waals surface area contributed by atoms with Crippen molar-refractivity contribution in [2.75, 3.05) is 26.2 Å². The van der Waals surface area contributed by atoms with Crippen molar-refractivity contribution >= 4 is 23.6 Å². The van der Waals surface area contributed by atoms with E-state index in [0.717, 1.165) is 14.8 Å². The van der Waals surface area contributed by atoms with Gasteiger partial charge in [-0.15, -0.1) is 5.01 Å². The smallest absolute Gasteiger partial charge is 0.226 e. The molecular weight excluding hydrogens is 296 g/mol. The van der Waals surface area contributed by atoms with Crippen LogP contribution in [-0.4, -0.2) is 69.6 Å². The van der Waals surface area contributed by atoms with Gasteiger partial charge in [0.1, 0.15) is 0 Å². The van der Waals surface area contributed by atoms with Gasteiger partial charge in [-0.3, -0.25) is 29.0 Å². The first-order chi connectivity index (χ1) is 10.1. The molecule has 0 heterocycles. The van der Waals surface area contributed by atoms with Crippen LogP contribution in [0, 0.1) is 10.1 Å². The van der Waals surface area contributed by atoms with E-state index in [1.807, 2.05) is 0 Å². The zero-order chi connectivity index (χ0) is 17.4. The number of carbonyl (C=O) groups excluding carboxylic acids is 4. The lowest BCUT2D eigenvalue weighted by Gasteiger charge is -2.22. The molecular formula is C12H20N4O6. The van der Waals surface area contributed by atoms with E-state index in [1.165, 1.54) is 27.7 Å². The summed E-state index contributed by atoms with van der Waals surface area (Å²) in [5, 5.41) is 11.0. The lowest BCUT2D eigenvalue weighted by atomic mass is 10.4. The zero-order valence-electron chi connectivity index (χ0n) is 13.1. The quantitative estimate of drug-likeness (QED) is 0.448. The molecule has 124 valence electrons. The van der Waals surface area contributed by atoms with E-state index in [4.69, 9.17) is 0 Å². The van der Waals surface area contributed by atoms with Gasteiger partial charge in [0.05, 0.1) is 26.2 Å². The molecule has 0 aromatic heterocycles. The minimum absolute atomic E-state index is 0.147. The Morgan fingerprint density at radius 1 is 0.727 bits per heavy atom. The average molecular weight is 316 g/mol. The molecule has 0 unspecified atom stereocenters. The SMILES string of the molecule is CC(=O)N(CCN(CCN(C(C)=O)C(C)=O)[N+](=O)[O-])C(C)=O. The van der Waals surface area contributed by atoms with Crippen LogP contribution >= 0.6 is 0 Å². The van der Waals surface area contributed by atoms with Crippen molar-refractivity contribution < 1.29 is 24.2 Å². The van der Waals surface area contributed by atoms with Crippen LogP contribution in [-0.2, 0) is 19.2 Å². The van der Waals surface area contributed by atoms with Gasteiger partial charge in [-0.05, 0) is 0 Å². The maximum absolute atomic E-state index is 11.2. The fourth-order valence-corrected chi connectivity index (χ4v) is 1.78. The second-order valence-corrected chi connectivity index (χ2v) is 4.57. The van der Waals surface area contributed by atoms with Gasteiger partial charge >= 0.3 is 0 Å². The molecule has 0 N–H and O–H groups in total. The molecule has 10 nitrogen and oxygen atoms in total. The number of nitrogens with zero attached hydrogens (tertiary/aromatic N) is 4. The van der Waals surface area contributed by atoms with E-state index in [-0.39, 0.29) is 26.2 Å². The number of imide groups is 2. The van der Waals surface area contributed by atoms with Crippen LogP contribution in [0.2, 0.25) is 0 Å². The van der Waals surface area contributed by atoms with Gasteiger partial charge in [-0.2, -0.15) is 0 Å². The molecule has 0 fully saturated rings. The number of hydrogen-bond donors (Lipinski definition) is 0. The predicted molar refractivity (Wildman–Crippen MR) is 74.7 cm³/mol. The second-order valence-electron chi connectivity index (χ2n) is 4.57. The van der Waals surface area contributed by atoms with Crippen molar-refractivity contribution in [1.82, 2.24) is 14.8 Å². The largest absolute Gasteiger partial charge is 0.281 e. The van der Waals surface area contributed by atoms with Gasteiger partial charge in [-0.1, -0.05) is 0 Å². The molecule has 0 spiro atoms. The standard InChI is InChI=1S/C12H20N4O6/c1-9(17)14(10(2)18)7-5-13(16(21)22)6-8-15(11(3)19)12(4)20/h5-8H2,1-4H3. The molecule has 0 radical (unpaired) electrons. The average Bonchev–Trinajstić information content (AvgIpc) is 2.34. The maximum Gasteiger partial charge on any atom is 0.226 e. The highest BCUT2D eigenvalue weighted by atomic mass is 16.7. The monoisotopic (exact) mass is 316 g/mol. The van der Waals surface area contributed by atoms with Crippen LogP contribution in [0.4, 0.5) is 0 Å². The van der Waals surface area contributed by atoms with Gasteiger partial charge in [0.25, 0.3) is 0 Å². The summed E-state index contributed by atoms with van der Waals surface area (Å²) in [7, 11) is 0. The van der Waals surface area contributed by atoms with E-state index in [0.29, 0.717) is 0 Å². The van der Waals surface area contributed by atoms with Crippen molar-refractivity contribution in [1.29, 1.82) is 0 Å².